The second-order valence-electron chi connectivity index (χ2n) is 9.05. The number of hydrogen-bond acceptors (Lipinski definition) is 4. The minimum atomic E-state index is -5.08. The van der Waals surface area contributed by atoms with Crippen LogP contribution in [0.5, 0.6) is 0 Å². The van der Waals surface area contributed by atoms with Gasteiger partial charge in [0.05, 0.1) is 18.2 Å². The van der Waals surface area contributed by atoms with E-state index < -0.39 is 54.0 Å². The van der Waals surface area contributed by atoms with Crippen molar-refractivity contribution in [3.8, 4) is 0 Å². The molecule has 0 saturated carbocycles. The molecule has 1 saturated heterocycles. The zero-order valence-electron chi connectivity index (χ0n) is 19.1. The monoisotopic (exact) mass is 494 g/mol. The number of halogens is 6. The lowest BCUT2D eigenvalue weighted by molar-refractivity contribution is -0.0924. The maximum Gasteiger partial charge on any atom is 0.432 e. The second kappa shape index (κ2) is 10.4. The first-order chi connectivity index (χ1) is 15.5. The largest absolute Gasteiger partial charge is 0.444 e. The van der Waals surface area contributed by atoms with E-state index in [1.165, 1.54) is 4.90 Å². The van der Waals surface area contributed by atoms with Gasteiger partial charge in [0.1, 0.15) is 17.4 Å². The van der Waals surface area contributed by atoms with Gasteiger partial charge in [-0.1, -0.05) is 24.8 Å². The van der Waals surface area contributed by atoms with E-state index in [1.54, 1.807) is 20.8 Å². The molecule has 0 aromatic carbocycles. The van der Waals surface area contributed by atoms with Crippen LogP contribution in [0.25, 0.3) is 0 Å². The molecular weight excluding hydrogens is 466 g/mol. The summed E-state index contributed by atoms with van der Waals surface area (Å²) in [7, 11) is 0. The third kappa shape index (κ3) is 7.48. The van der Waals surface area contributed by atoms with Gasteiger partial charge in [-0.25, -0.2) is 4.79 Å². The molecule has 0 radical (unpaired) electrons. The zero-order valence-corrected chi connectivity index (χ0v) is 19.1. The molecule has 2 unspecified atom stereocenters. The van der Waals surface area contributed by atoms with E-state index in [4.69, 9.17) is 4.74 Å². The molecule has 34 heavy (non-hydrogen) atoms. The first-order valence-corrected chi connectivity index (χ1v) is 10.7. The molecule has 2 rings (SSSR count). The molecule has 2 aliphatic rings. The number of hydrogen-bond donors (Lipinski definition) is 1. The number of aliphatic imine (C=N–C) groups is 1. The molecule has 190 valence electrons. The maximum atomic E-state index is 13.6. The number of alkyl halides is 6. The van der Waals surface area contributed by atoms with Crippen LogP contribution < -0.4 is 0 Å². The highest BCUT2D eigenvalue weighted by atomic mass is 19.4. The van der Waals surface area contributed by atoms with Gasteiger partial charge in [0, 0.05) is 6.54 Å². The van der Waals surface area contributed by atoms with Crippen molar-refractivity contribution >= 4 is 11.8 Å². The Labute approximate surface area is 194 Å². The van der Waals surface area contributed by atoms with E-state index in [0.717, 1.165) is 12.2 Å². The Kier molecular flexibility index (Phi) is 8.44. The lowest BCUT2D eigenvalue weighted by Gasteiger charge is -2.40. The smallest absolute Gasteiger partial charge is 0.432 e. The molecule has 2 heterocycles. The first kappa shape index (κ1) is 27.7. The molecule has 0 aromatic heterocycles. The molecule has 2 atom stereocenters. The number of nitrogens with zero attached hydrogens (tertiary/aromatic N) is 2. The van der Waals surface area contributed by atoms with E-state index >= 15 is 0 Å². The Hall–Kier alpha value is -2.56. The molecule has 1 amide bonds. The summed E-state index contributed by atoms with van der Waals surface area (Å²) in [6, 6.07) is -0.918. The van der Waals surface area contributed by atoms with Gasteiger partial charge in [0.25, 0.3) is 0 Å². The molecule has 0 spiro atoms. The average Bonchev–Trinajstić information content (AvgIpc) is 2.68. The number of piperidine rings is 1. The summed E-state index contributed by atoms with van der Waals surface area (Å²) in [4.78, 5) is 17.1. The van der Waals surface area contributed by atoms with Gasteiger partial charge in [-0.2, -0.15) is 26.3 Å². The Morgan fingerprint density at radius 1 is 1.18 bits per heavy atom. The maximum absolute atomic E-state index is 13.6. The topological polar surface area (TPSA) is 62.1 Å². The summed E-state index contributed by atoms with van der Waals surface area (Å²) < 4.78 is 85.6. The van der Waals surface area contributed by atoms with Crippen molar-refractivity contribution in [3.63, 3.8) is 0 Å². The van der Waals surface area contributed by atoms with Crippen LogP contribution in [0.1, 0.15) is 40.0 Å². The predicted octanol–water partition coefficient (Wildman–Crippen LogP) is 5.68. The highest BCUT2D eigenvalue weighted by molar-refractivity contribution is 6.00. The lowest BCUT2D eigenvalue weighted by atomic mass is 9.88. The summed E-state index contributed by atoms with van der Waals surface area (Å²) >= 11 is 0. The van der Waals surface area contributed by atoms with Crippen molar-refractivity contribution in [1.82, 2.24) is 4.90 Å². The van der Waals surface area contributed by atoms with E-state index in [0.29, 0.717) is 25.0 Å². The Balaban J connectivity index is 2.49. The SMILES string of the molecule is C=C1/C=C\C=C(\C(F)(F)F)CN=C(C(F)(F)F)C=C1C(O)C1CCCCN1C(=O)OC(C)(C)C. The van der Waals surface area contributed by atoms with Crippen LogP contribution in [-0.4, -0.2) is 65.0 Å². The van der Waals surface area contributed by atoms with Gasteiger partial charge in [-0.05, 0) is 57.3 Å². The molecule has 0 aliphatic carbocycles. The van der Waals surface area contributed by atoms with Crippen molar-refractivity contribution in [3.05, 3.63) is 47.6 Å². The fraction of sp³-hybridized carbons (Fsp3) is 0.565. The number of rotatable bonds is 2. The van der Waals surface area contributed by atoms with Crippen LogP contribution in [0, 0.1) is 0 Å². The molecule has 5 nitrogen and oxygen atoms in total. The summed E-state index contributed by atoms with van der Waals surface area (Å²) in [5.74, 6) is 0. The van der Waals surface area contributed by atoms with E-state index in [9.17, 15) is 36.2 Å². The van der Waals surface area contributed by atoms with E-state index in [2.05, 4.69) is 11.6 Å². The molecule has 1 N–H and O–H groups in total. The molecular formula is C23H28F6N2O3. The third-order valence-corrected chi connectivity index (χ3v) is 5.19. The minimum absolute atomic E-state index is 0.140. The van der Waals surface area contributed by atoms with Crippen LogP contribution in [0.2, 0.25) is 0 Å². The molecule has 11 heteroatoms. The summed E-state index contributed by atoms with van der Waals surface area (Å²) in [6.07, 6.45) is -7.59. The summed E-state index contributed by atoms with van der Waals surface area (Å²) in [5, 5.41) is 11.1. The number of likely N-dealkylation sites (tertiary alicyclic amines) is 1. The zero-order chi connectivity index (χ0) is 25.9. The van der Waals surface area contributed by atoms with Crippen LogP contribution in [0.15, 0.2) is 52.6 Å². The molecule has 1 fully saturated rings. The van der Waals surface area contributed by atoms with Crippen molar-refractivity contribution in [2.24, 2.45) is 4.99 Å². The first-order valence-electron chi connectivity index (χ1n) is 10.7. The minimum Gasteiger partial charge on any atom is -0.444 e. The van der Waals surface area contributed by atoms with Crippen molar-refractivity contribution in [2.75, 3.05) is 13.1 Å². The summed E-state index contributed by atoms with van der Waals surface area (Å²) in [5.41, 5.74) is -4.12. The van der Waals surface area contributed by atoms with Crippen LogP contribution in [0.3, 0.4) is 0 Å². The number of ether oxygens (including phenoxy) is 1. The van der Waals surface area contributed by atoms with Gasteiger partial charge < -0.3 is 14.7 Å². The number of allylic oxidation sites excluding steroid dienone is 4. The average molecular weight is 494 g/mol. The van der Waals surface area contributed by atoms with Crippen molar-refractivity contribution < 1.29 is 41.0 Å². The van der Waals surface area contributed by atoms with Gasteiger partial charge in [0.2, 0.25) is 0 Å². The fourth-order valence-electron chi connectivity index (χ4n) is 3.56. The van der Waals surface area contributed by atoms with Gasteiger partial charge in [0.15, 0.2) is 0 Å². The Bertz CT molecular complexity index is 907. The predicted molar refractivity (Wildman–Crippen MR) is 115 cm³/mol. The highest BCUT2D eigenvalue weighted by Gasteiger charge is 2.40. The second-order valence-corrected chi connectivity index (χ2v) is 9.05. The van der Waals surface area contributed by atoms with Crippen LogP contribution in [0.4, 0.5) is 31.1 Å². The lowest BCUT2D eigenvalue weighted by Crippen LogP contribution is -2.52. The van der Waals surface area contributed by atoms with Gasteiger partial charge in [-0.15, -0.1) is 0 Å². The van der Waals surface area contributed by atoms with Crippen molar-refractivity contribution in [1.29, 1.82) is 0 Å². The number of amides is 1. The third-order valence-electron chi connectivity index (χ3n) is 5.19. The summed E-state index contributed by atoms with van der Waals surface area (Å²) in [6.45, 7) is 7.59. The Morgan fingerprint density at radius 3 is 2.38 bits per heavy atom. The van der Waals surface area contributed by atoms with Crippen molar-refractivity contribution in [2.45, 2.75) is 70.1 Å². The molecule has 0 aromatic rings. The van der Waals surface area contributed by atoms with Crippen LogP contribution in [-0.2, 0) is 4.74 Å². The quantitative estimate of drug-likeness (QED) is 0.503. The highest BCUT2D eigenvalue weighted by Crippen LogP contribution is 2.32. The molecule has 0 bridgehead atoms. The molecule has 2 aliphatic heterocycles. The van der Waals surface area contributed by atoms with Gasteiger partial charge in [-0.3, -0.25) is 4.99 Å². The van der Waals surface area contributed by atoms with Gasteiger partial charge >= 0.3 is 18.4 Å². The number of aliphatic hydroxyl groups is 1. The number of carbonyl (C=O) groups excluding carboxylic acids is 1. The fourth-order valence-corrected chi connectivity index (χ4v) is 3.56. The number of carbonyl (C=O) groups is 1. The normalized spacial score (nSPS) is 24.4. The van der Waals surface area contributed by atoms with Crippen LogP contribution >= 0.6 is 0 Å². The Morgan fingerprint density at radius 2 is 1.82 bits per heavy atom. The number of aliphatic hydroxyl groups excluding tert-OH is 1. The standard InChI is InChI=1S/C23H28F6N2O3/c1-14-8-7-9-15(22(24,25)26)13-30-18(23(27,28)29)12-16(14)19(32)17-10-5-6-11-31(17)20(33)34-21(2,3)4/h7-9,12,17,19,32H,1,5-6,10-11,13H2,2-4H3/b8-7-,15-9+,16-12?,30-18?. The van der Waals surface area contributed by atoms with E-state index in [1.807, 2.05) is 0 Å². The van der Waals surface area contributed by atoms with E-state index in [-0.39, 0.29) is 24.1 Å².